The Bertz CT molecular complexity index is 355. The largest absolute Gasteiger partial charge is 0.444 e. The molecule has 0 radical (unpaired) electrons. The molecule has 0 unspecified atom stereocenters. The lowest BCUT2D eigenvalue weighted by molar-refractivity contribution is -0.183. The van der Waals surface area contributed by atoms with Crippen molar-refractivity contribution < 1.29 is 27.1 Å². The van der Waals surface area contributed by atoms with Gasteiger partial charge in [0.1, 0.15) is 18.3 Å². The maximum Gasteiger partial charge on any atom is 0.410 e. The molecule has 0 saturated carbocycles. The number of halogens is 4. The van der Waals surface area contributed by atoms with Crippen LogP contribution in [-0.2, 0) is 4.74 Å². The lowest BCUT2D eigenvalue weighted by Crippen LogP contribution is -2.46. The minimum atomic E-state index is -4.43. The van der Waals surface area contributed by atoms with Crippen LogP contribution in [0.2, 0.25) is 0 Å². The molecule has 0 aromatic heterocycles. The zero-order chi connectivity index (χ0) is 16.3. The van der Waals surface area contributed by atoms with Crippen LogP contribution >= 0.6 is 0 Å². The van der Waals surface area contributed by atoms with Gasteiger partial charge in [-0.25, -0.2) is 9.18 Å². The minimum absolute atomic E-state index is 0.0205. The molecule has 1 aliphatic rings. The standard InChI is InChI=1S/C13H22F4N2O2/c1-12(2,3)21-11(20)19-6-4-10(13(15,16)17)18(7-5-14)8-9-19/h10H,4-9H2,1-3H3/t10-/m0/s1. The van der Waals surface area contributed by atoms with Crippen molar-refractivity contribution in [2.24, 2.45) is 0 Å². The maximum absolute atomic E-state index is 13.0. The van der Waals surface area contributed by atoms with Gasteiger partial charge in [0, 0.05) is 26.2 Å². The summed E-state index contributed by atoms with van der Waals surface area (Å²) in [6.45, 7) is 3.96. The van der Waals surface area contributed by atoms with E-state index in [-0.39, 0.29) is 32.6 Å². The molecular formula is C13H22F4N2O2. The number of rotatable bonds is 2. The number of carbonyl (C=O) groups excluding carboxylic acids is 1. The van der Waals surface area contributed by atoms with Gasteiger partial charge in [-0.2, -0.15) is 13.2 Å². The average Bonchev–Trinajstić information content (AvgIpc) is 2.49. The highest BCUT2D eigenvalue weighted by Gasteiger charge is 2.45. The molecule has 0 aliphatic carbocycles. The molecule has 1 rings (SSSR count). The van der Waals surface area contributed by atoms with Gasteiger partial charge in [0.15, 0.2) is 0 Å². The molecule has 21 heavy (non-hydrogen) atoms. The summed E-state index contributed by atoms with van der Waals surface area (Å²) in [5.74, 6) is 0. The van der Waals surface area contributed by atoms with Crippen LogP contribution in [0.15, 0.2) is 0 Å². The SMILES string of the molecule is CC(C)(C)OC(=O)N1CC[C@@H](C(F)(F)F)N(CCF)CC1. The van der Waals surface area contributed by atoms with Gasteiger partial charge in [-0.1, -0.05) is 0 Å². The molecule has 4 nitrogen and oxygen atoms in total. The normalized spacial score (nSPS) is 22.0. The quantitative estimate of drug-likeness (QED) is 0.735. The van der Waals surface area contributed by atoms with E-state index in [1.807, 2.05) is 0 Å². The van der Waals surface area contributed by atoms with Gasteiger partial charge in [0.25, 0.3) is 0 Å². The summed E-state index contributed by atoms with van der Waals surface area (Å²) < 4.78 is 56.6. The Kier molecular flexibility index (Phi) is 5.83. The number of carbonyl (C=O) groups is 1. The van der Waals surface area contributed by atoms with Crippen LogP contribution < -0.4 is 0 Å². The van der Waals surface area contributed by atoms with E-state index in [9.17, 15) is 22.4 Å². The predicted molar refractivity (Wildman–Crippen MR) is 69.8 cm³/mol. The Labute approximate surface area is 122 Å². The zero-order valence-electron chi connectivity index (χ0n) is 12.5. The number of hydrogen-bond acceptors (Lipinski definition) is 3. The second kappa shape index (κ2) is 6.81. The lowest BCUT2D eigenvalue weighted by atomic mass is 10.1. The number of amides is 1. The fraction of sp³-hybridized carbons (Fsp3) is 0.923. The van der Waals surface area contributed by atoms with Gasteiger partial charge < -0.3 is 9.64 Å². The second-order valence-corrected chi connectivity index (χ2v) is 6.04. The van der Waals surface area contributed by atoms with E-state index in [1.54, 1.807) is 20.8 Å². The average molecular weight is 314 g/mol. The Hall–Kier alpha value is -1.05. The molecule has 1 heterocycles. The van der Waals surface area contributed by atoms with Gasteiger partial charge in [0.2, 0.25) is 0 Å². The Morgan fingerprint density at radius 3 is 2.29 bits per heavy atom. The van der Waals surface area contributed by atoms with Crippen molar-refractivity contribution in [1.29, 1.82) is 0 Å². The summed E-state index contributed by atoms with van der Waals surface area (Å²) in [7, 11) is 0. The zero-order valence-corrected chi connectivity index (χ0v) is 12.5. The molecule has 1 fully saturated rings. The van der Waals surface area contributed by atoms with E-state index in [0.717, 1.165) is 4.90 Å². The van der Waals surface area contributed by atoms with Crippen LogP contribution in [0.1, 0.15) is 27.2 Å². The molecule has 0 N–H and O–H groups in total. The summed E-state index contributed by atoms with van der Waals surface area (Å²) in [6.07, 6.45) is -5.34. The van der Waals surface area contributed by atoms with E-state index in [2.05, 4.69) is 0 Å². The van der Waals surface area contributed by atoms with Crippen LogP contribution in [0.5, 0.6) is 0 Å². The summed E-state index contributed by atoms with van der Waals surface area (Å²) in [5.41, 5.74) is -0.703. The van der Waals surface area contributed by atoms with Crippen LogP contribution in [0.3, 0.4) is 0 Å². The van der Waals surface area contributed by atoms with Crippen molar-refractivity contribution in [3.63, 3.8) is 0 Å². The summed E-state index contributed by atoms with van der Waals surface area (Å²) in [4.78, 5) is 14.2. The van der Waals surface area contributed by atoms with Crippen LogP contribution in [0, 0.1) is 0 Å². The van der Waals surface area contributed by atoms with E-state index in [1.165, 1.54) is 4.90 Å². The van der Waals surface area contributed by atoms with E-state index < -0.39 is 30.6 Å². The molecule has 1 saturated heterocycles. The highest BCUT2D eigenvalue weighted by molar-refractivity contribution is 5.68. The molecule has 1 aliphatic heterocycles. The molecule has 0 bridgehead atoms. The smallest absolute Gasteiger partial charge is 0.410 e. The molecule has 0 aromatic carbocycles. The topological polar surface area (TPSA) is 32.8 Å². The molecule has 0 aromatic rings. The third-order valence-electron chi connectivity index (χ3n) is 3.17. The van der Waals surface area contributed by atoms with E-state index >= 15 is 0 Å². The van der Waals surface area contributed by atoms with Crippen molar-refractivity contribution in [2.45, 2.75) is 45.0 Å². The molecule has 8 heteroatoms. The van der Waals surface area contributed by atoms with Gasteiger partial charge >= 0.3 is 12.3 Å². The number of hydrogen-bond donors (Lipinski definition) is 0. The maximum atomic E-state index is 13.0. The van der Waals surface area contributed by atoms with E-state index in [4.69, 9.17) is 4.74 Å². The summed E-state index contributed by atoms with van der Waals surface area (Å²) >= 11 is 0. The third kappa shape index (κ3) is 5.68. The molecule has 0 spiro atoms. The number of alkyl halides is 4. The van der Waals surface area contributed by atoms with Gasteiger partial charge in [-0.15, -0.1) is 0 Å². The first-order valence-electron chi connectivity index (χ1n) is 6.89. The Morgan fingerprint density at radius 1 is 1.19 bits per heavy atom. The number of nitrogens with zero attached hydrogens (tertiary/aromatic N) is 2. The molecular weight excluding hydrogens is 292 g/mol. The monoisotopic (exact) mass is 314 g/mol. The fourth-order valence-electron chi connectivity index (χ4n) is 2.23. The van der Waals surface area contributed by atoms with Crippen LogP contribution in [0.4, 0.5) is 22.4 Å². The molecule has 1 atom stereocenters. The summed E-state index contributed by atoms with van der Waals surface area (Å²) in [5, 5.41) is 0. The number of ether oxygens (including phenoxy) is 1. The lowest BCUT2D eigenvalue weighted by Gasteiger charge is -2.29. The highest BCUT2D eigenvalue weighted by Crippen LogP contribution is 2.29. The fourth-order valence-corrected chi connectivity index (χ4v) is 2.23. The first-order chi connectivity index (χ1) is 9.54. The van der Waals surface area contributed by atoms with Crippen molar-refractivity contribution in [2.75, 3.05) is 32.9 Å². The van der Waals surface area contributed by atoms with E-state index in [0.29, 0.717) is 0 Å². The Morgan fingerprint density at radius 2 is 1.81 bits per heavy atom. The van der Waals surface area contributed by atoms with Gasteiger partial charge in [0.05, 0.1) is 0 Å². The Balaban J connectivity index is 2.75. The highest BCUT2D eigenvalue weighted by atomic mass is 19.4. The molecule has 1 amide bonds. The van der Waals surface area contributed by atoms with Crippen molar-refractivity contribution >= 4 is 6.09 Å². The first kappa shape index (κ1) is 18.0. The van der Waals surface area contributed by atoms with Gasteiger partial charge in [-0.3, -0.25) is 4.90 Å². The van der Waals surface area contributed by atoms with Crippen molar-refractivity contribution in [3.8, 4) is 0 Å². The molecule has 124 valence electrons. The summed E-state index contributed by atoms with van der Waals surface area (Å²) in [6, 6.07) is -1.72. The second-order valence-electron chi connectivity index (χ2n) is 6.04. The minimum Gasteiger partial charge on any atom is -0.444 e. The predicted octanol–water partition coefficient (Wildman–Crippen LogP) is 2.83. The third-order valence-corrected chi connectivity index (χ3v) is 3.17. The van der Waals surface area contributed by atoms with Crippen molar-refractivity contribution in [3.05, 3.63) is 0 Å². The first-order valence-corrected chi connectivity index (χ1v) is 6.89. The van der Waals surface area contributed by atoms with Crippen molar-refractivity contribution in [1.82, 2.24) is 9.80 Å². The van der Waals surface area contributed by atoms with Crippen LogP contribution in [0.25, 0.3) is 0 Å². The van der Waals surface area contributed by atoms with Crippen LogP contribution in [-0.4, -0.2) is 66.6 Å². The van der Waals surface area contributed by atoms with Gasteiger partial charge in [-0.05, 0) is 27.2 Å².